The molecular formula is C27H27FN4O4. The number of pyridine rings is 1. The number of carbonyl (C=O) groups is 3. The van der Waals surface area contributed by atoms with E-state index in [4.69, 9.17) is 4.74 Å². The number of ether oxygens (including phenoxy) is 1. The fourth-order valence-electron chi connectivity index (χ4n) is 6.25. The number of hydrogen-bond donors (Lipinski definition) is 2. The van der Waals surface area contributed by atoms with Crippen LogP contribution in [0.25, 0.3) is 0 Å². The molecule has 8 nitrogen and oxygen atoms in total. The predicted octanol–water partition coefficient (Wildman–Crippen LogP) is 2.96. The Labute approximate surface area is 207 Å². The smallest absolute Gasteiger partial charge is 0.246 e. The minimum Gasteiger partial charge on any atom is -0.359 e. The van der Waals surface area contributed by atoms with Gasteiger partial charge in [-0.2, -0.15) is 0 Å². The van der Waals surface area contributed by atoms with Crippen molar-refractivity contribution in [3.05, 3.63) is 66.8 Å². The van der Waals surface area contributed by atoms with Gasteiger partial charge in [0.2, 0.25) is 17.7 Å². The molecule has 186 valence electrons. The SMILES string of the molecule is O=C(Nc1ccccc1F)[C@@H]1[C@H]2C(=O)N(c3cccnc3)[C@H](C(=O)NC3CCCCC3)[C@]23C=C[C@H]1O3. The van der Waals surface area contributed by atoms with Crippen LogP contribution in [0.3, 0.4) is 0 Å². The van der Waals surface area contributed by atoms with Crippen LogP contribution >= 0.6 is 0 Å². The molecule has 6 rings (SSSR count). The zero-order valence-corrected chi connectivity index (χ0v) is 19.6. The van der Waals surface area contributed by atoms with Crippen molar-refractivity contribution in [3.63, 3.8) is 0 Å². The third kappa shape index (κ3) is 3.52. The van der Waals surface area contributed by atoms with E-state index in [2.05, 4.69) is 15.6 Å². The van der Waals surface area contributed by atoms with E-state index in [-0.39, 0.29) is 23.5 Å². The van der Waals surface area contributed by atoms with Gasteiger partial charge < -0.3 is 15.4 Å². The van der Waals surface area contributed by atoms with Crippen LogP contribution < -0.4 is 15.5 Å². The second-order valence-electron chi connectivity index (χ2n) is 9.93. The van der Waals surface area contributed by atoms with Gasteiger partial charge in [0.25, 0.3) is 0 Å². The van der Waals surface area contributed by atoms with Crippen molar-refractivity contribution < 1.29 is 23.5 Å². The van der Waals surface area contributed by atoms with E-state index >= 15 is 0 Å². The maximum absolute atomic E-state index is 14.2. The van der Waals surface area contributed by atoms with Gasteiger partial charge in [0.1, 0.15) is 17.5 Å². The molecule has 1 aromatic heterocycles. The van der Waals surface area contributed by atoms with Gasteiger partial charge in [-0.3, -0.25) is 24.3 Å². The highest BCUT2D eigenvalue weighted by molar-refractivity contribution is 6.11. The normalized spacial score (nSPS) is 30.9. The Kier molecular flexibility index (Phi) is 5.59. The van der Waals surface area contributed by atoms with E-state index in [1.807, 2.05) is 0 Å². The molecule has 3 fully saturated rings. The standard InChI is InChI=1S/C27H27FN4O4/c28-18-10-4-5-11-19(18)31-24(33)21-20-12-13-27(36-20)22(21)26(35)32(17-9-6-14-29-15-17)23(27)25(34)30-16-7-2-1-3-8-16/h4-6,9-16,20-23H,1-3,7-8H2,(H,30,34)(H,31,33)/t20-,21+,22+,23-,27+/m1/s1. The Morgan fingerprint density at radius 1 is 1.08 bits per heavy atom. The van der Waals surface area contributed by atoms with Crippen LogP contribution in [0.4, 0.5) is 15.8 Å². The Bertz CT molecular complexity index is 1230. The van der Waals surface area contributed by atoms with Crippen LogP contribution in [0.2, 0.25) is 0 Å². The molecule has 1 spiro atoms. The number of anilines is 2. The average molecular weight is 491 g/mol. The number of carbonyl (C=O) groups excluding carboxylic acids is 3. The summed E-state index contributed by atoms with van der Waals surface area (Å²) in [4.78, 5) is 46.7. The molecule has 0 radical (unpaired) electrons. The van der Waals surface area contributed by atoms with Crippen LogP contribution in [-0.4, -0.2) is 46.5 Å². The summed E-state index contributed by atoms with van der Waals surface area (Å²) in [6, 6.07) is 8.33. The Morgan fingerprint density at radius 2 is 1.89 bits per heavy atom. The molecule has 1 saturated carbocycles. The summed E-state index contributed by atoms with van der Waals surface area (Å²) in [7, 11) is 0. The zero-order valence-electron chi connectivity index (χ0n) is 19.6. The second kappa shape index (κ2) is 8.81. The quantitative estimate of drug-likeness (QED) is 0.628. The number of amides is 3. The molecule has 2 aromatic rings. The first-order valence-electron chi connectivity index (χ1n) is 12.5. The summed E-state index contributed by atoms with van der Waals surface area (Å²) in [6.45, 7) is 0. The molecule has 3 aliphatic heterocycles. The minimum absolute atomic E-state index is 0.0319. The first-order valence-corrected chi connectivity index (χ1v) is 12.5. The monoisotopic (exact) mass is 490 g/mol. The summed E-state index contributed by atoms with van der Waals surface area (Å²) in [5.41, 5.74) is -0.804. The van der Waals surface area contributed by atoms with Crippen LogP contribution in [-0.2, 0) is 19.1 Å². The van der Waals surface area contributed by atoms with Gasteiger partial charge in [-0.25, -0.2) is 4.39 Å². The lowest BCUT2D eigenvalue weighted by atomic mass is 9.74. The molecule has 36 heavy (non-hydrogen) atoms. The molecule has 4 heterocycles. The third-order valence-corrected chi connectivity index (χ3v) is 7.83. The maximum atomic E-state index is 14.2. The molecule has 2 saturated heterocycles. The zero-order chi connectivity index (χ0) is 24.9. The first kappa shape index (κ1) is 22.8. The molecule has 9 heteroatoms. The van der Waals surface area contributed by atoms with Gasteiger partial charge in [-0.15, -0.1) is 0 Å². The van der Waals surface area contributed by atoms with Crippen LogP contribution in [0.15, 0.2) is 60.9 Å². The minimum atomic E-state index is -1.30. The van der Waals surface area contributed by atoms with Crippen molar-refractivity contribution in [2.45, 2.75) is 55.9 Å². The topological polar surface area (TPSA) is 101 Å². The Morgan fingerprint density at radius 3 is 2.64 bits per heavy atom. The van der Waals surface area contributed by atoms with Crippen LogP contribution in [0, 0.1) is 17.7 Å². The van der Waals surface area contributed by atoms with Crippen molar-refractivity contribution in [1.29, 1.82) is 0 Å². The number of para-hydroxylation sites is 1. The van der Waals surface area contributed by atoms with E-state index in [9.17, 15) is 18.8 Å². The van der Waals surface area contributed by atoms with Gasteiger partial charge >= 0.3 is 0 Å². The van der Waals surface area contributed by atoms with Crippen LogP contribution in [0.5, 0.6) is 0 Å². The van der Waals surface area contributed by atoms with Crippen molar-refractivity contribution in [2.24, 2.45) is 11.8 Å². The van der Waals surface area contributed by atoms with E-state index in [1.54, 1.807) is 36.5 Å². The van der Waals surface area contributed by atoms with Gasteiger partial charge in [-0.1, -0.05) is 43.5 Å². The molecule has 2 N–H and O–H groups in total. The predicted molar refractivity (Wildman–Crippen MR) is 129 cm³/mol. The number of halogens is 1. The molecule has 4 aliphatic rings. The van der Waals surface area contributed by atoms with E-state index in [1.165, 1.54) is 29.3 Å². The highest BCUT2D eigenvalue weighted by Gasteiger charge is 2.73. The summed E-state index contributed by atoms with van der Waals surface area (Å²) in [5, 5.41) is 5.77. The van der Waals surface area contributed by atoms with E-state index in [0.29, 0.717) is 5.69 Å². The molecule has 0 unspecified atom stereocenters. The summed E-state index contributed by atoms with van der Waals surface area (Å²) >= 11 is 0. The Hall–Kier alpha value is -3.59. The Balaban J connectivity index is 1.36. The highest BCUT2D eigenvalue weighted by atomic mass is 19.1. The molecular weight excluding hydrogens is 463 g/mol. The van der Waals surface area contributed by atoms with Crippen molar-refractivity contribution in [1.82, 2.24) is 10.3 Å². The average Bonchev–Trinajstić information content (AvgIpc) is 3.54. The number of nitrogens with one attached hydrogen (secondary N) is 2. The fourth-order valence-corrected chi connectivity index (χ4v) is 6.25. The highest BCUT2D eigenvalue weighted by Crippen LogP contribution is 2.56. The lowest BCUT2D eigenvalue weighted by molar-refractivity contribution is -0.129. The largest absolute Gasteiger partial charge is 0.359 e. The maximum Gasteiger partial charge on any atom is 0.246 e. The lowest BCUT2D eigenvalue weighted by Crippen LogP contribution is -2.56. The van der Waals surface area contributed by atoms with Crippen LogP contribution in [0.1, 0.15) is 32.1 Å². The number of hydrogen-bond acceptors (Lipinski definition) is 5. The van der Waals surface area contributed by atoms with Crippen molar-refractivity contribution in [3.8, 4) is 0 Å². The van der Waals surface area contributed by atoms with Crippen molar-refractivity contribution >= 4 is 29.1 Å². The lowest BCUT2D eigenvalue weighted by Gasteiger charge is -2.34. The fraction of sp³-hybridized carbons (Fsp3) is 0.407. The molecule has 5 atom stereocenters. The number of fused-ring (bicyclic) bond motifs is 1. The summed E-state index contributed by atoms with van der Waals surface area (Å²) < 4.78 is 20.6. The molecule has 1 aromatic carbocycles. The second-order valence-corrected chi connectivity index (χ2v) is 9.93. The number of nitrogens with zero attached hydrogens (tertiary/aromatic N) is 2. The summed E-state index contributed by atoms with van der Waals surface area (Å²) in [5.74, 6) is -3.61. The number of aromatic nitrogens is 1. The third-order valence-electron chi connectivity index (χ3n) is 7.83. The van der Waals surface area contributed by atoms with E-state index in [0.717, 1.165) is 32.1 Å². The molecule has 1 aliphatic carbocycles. The summed E-state index contributed by atoms with van der Waals surface area (Å²) in [6.07, 6.45) is 11.0. The van der Waals surface area contributed by atoms with E-state index < -0.39 is 41.3 Å². The van der Waals surface area contributed by atoms with Gasteiger partial charge in [0.05, 0.1) is 35.5 Å². The van der Waals surface area contributed by atoms with Gasteiger partial charge in [0.15, 0.2) is 0 Å². The van der Waals surface area contributed by atoms with Gasteiger partial charge in [0, 0.05) is 12.2 Å². The first-order chi connectivity index (χ1) is 17.5. The van der Waals surface area contributed by atoms with Gasteiger partial charge in [-0.05, 0) is 37.1 Å². The van der Waals surface area contributed by atoms with Crippen molar-refractivity contribution in [2.75, 3.05) is 10.2 Å². The molecule has 2 bridgehead atoms. The molecule has 3 amide bonds. The number of rotatable bonds is 5. The number of benzene rings is 1.